The highest BCUT2D eigenvalue weighted by Crippen LogP contribution is 2.63. The third-order valence-corrected chi connectivity index (χ3v) is 7.37. The maximum Gasteiger partial charge on any atom is 0.108 e. The minimum atomic E-state index is 0. The van der Waals surface area contributed by atoms with Crippen LogP contribution in [-0.2, 0) is 6.54 Å². The van der Waals surface area contributed by atoms with Gasteiger partial charge in [-0.15, -0.1) is 0 Å². The standard InChI is InChI=1S/C20H24N.BrH/c1-20-17-9-10-18(20)14-21(20,12-11-17)13-16-7-4-6-15-5-2-3-8-19(15)16;/h2-8,17-18H,9-14H2,1H3;1H/q+1;/p-1/t17-,18+,20+,21+;/m0./s1. The van der Waals surface area contributed by atoms with Crippen molar-refractivity contribution in [3.05, 3.63) is 48.0 Å². The molecule has 2 aromatic carbocycles. The van der Waals surface area contributed by atoms with E-state index < -0.39 is 0 Å². The monoisotopic (exact) mass is 357 g/mol. The van der Waals surface area contributed by atoms with Crippen LogP contribution in [0.1, 0.15) is 31.7 Å². The van der Waals surface area contributed by atoms with E-state index in [-0.39, 0.29) is 17.0 Å². The molecule has 22 heavy (non-hydrogen) atoms. The Morgan fingerprint density at radius 3 is 2.68 bits per heavy atom. The Labute approximate surface area is 143 Å². The number of nitrogens with zero attached hydrogens (tertiary/aromatic N) is 1. The lowest BCUT2D eigenvalue weighted by molar-refractivity contribution is -1.02. The van der Waals surface area contributed by atoms with Gasteiger partial charge in [-0.25, -0.2) is 0 Å². The van der Waals surface area contributed by atoms with E-state index in [1.807, 2.05) is 0 Å². The highest BCUT2D eigenvalue weighted by molar-refractivity contribution is 5.85. The van der Waals surface area contributed by atoms with Crippen molar-refractivity contribution in [2.75, 3.05) is 13.1 Å². The summed E-state index contributed by atoms with van der Waals surface area (Å²) in [4.78, 5) is 0. The molecule has 0 N–H and O–H groups in total. The molecule has 0 unspecified atom stereocenters. The average molecular weight is 358 g/mol. The van der Waals surface area contributed by atoms with Gasteiger partial charge < -0.3 is 21.5 Å². The summed E-state index contributed by atoms with van der Waals surface area (Å²) in [6.45, 7) is 6.72. The first-order valence-corrected chi connectivity index (χ1v) is 8.56. The van der Waals surface area contributed by atoms with Crippen LogP contribution in [-0.4, -0.2) is 23.1 Å². The number of quaternary nitrogens is 1. The molecule has 2 saturated heterocycles. The van der Waals surface area contributed by atoms with Gasteiger partial charge in [0.05, 0.1) is 19.0 Å². The zero-order valence-corrected chi connectivity index (χ0v) is 14.8. The van der Waals surface area contributed by atoms with Crippen molar-refractivity contribution in [2.45, 2.75) is 38.3 Å². The van der Waals surface area contributed by atoms with E-state index in [4.69, 9.17) is 0 Å². The van der Waals surface area contributed by atoms with Gasteiger partial charge >= 0.3 is 0 Å². The second-order valence-electron chi connectivity index (χ2n) is 7.83. The second kappa shape index (κ2) is 4.82. The van der Waals surface area contributed by atoms with Crippen molar-refractivity contribution in [3.8, 4) is 0 Å². The van der Waals surface area contributed by atoms with Gasteiger partial charge in [-0.1, -0.05) is 42.5 Å². The summed E-state index contributed by atoms with van der Waals surface area (Å²) in [5, 5.41) is 2.87. The van der Waals surface area contributed by atoms with Crippen LogP contribution in [0, 0.1) is 11.8 Å². The Morgan fingerprint density at radius 1 is 1.00 bits per heavy atom. The molecule has 116 valence electrons. The molecule has 1 nitrogen and oxygen atoms in total. The molecule has 2 heterocycles. The summed E-state index contributed by atoms with van der Waals surface area (Å²) in [5.74, 6) is 2.02. The number of rotatable bonds is 2. The van der Waals surface area contributed by atoms with Gasteiger partial charge in [-0.3, -0.25) is 0 Å². The first-order chi connectivity index (χ1) is 10.2. The molecule has 2 heteroatoms. The molecule has 2 aromatic rings. The molecule has 0 radical (unpaired) electrons. The first kappa shape index (κ1) is 14.7. The van der Waals surface area contributed by atoms with Crippen LogP contribution in [0.15, 0.2) is 42.5 Å². The van der Waals surface area contributed by atoms with Crippen molar-refractivity contribution in [2.24, 2.45) is 11.8 Å². The van der Waals surface area contributed by atoms with Crippen molar-refractivity contribution >= 4 is 10.8 Å². The first-order valence-electron chi connectivity index (χ1n) is 8.56. The topological polar surface area (TPSA) is 0 Å². The van der Waals surface area contributed by atoms with Crippen LogP contribution in [0.5, 0.6) is 0 Å². The van der Waals surface area contributed by atoms with E-state index in [0.717, 1.165) is 11.8 Å². The summed E-state index contributed by atoms with van der Waals surface area (Å²) in [6, 6.07) is 15.8. The largest absolute Gasteiger partial charge is 1.00 e. The lowest BCUT2D eigenvalue weighted by Crippen LogP contribution is -3.00. The molecule has 1 saturated carbocycles. The molecule has 1 aliphatic carbocycles. The Balaban J connectivity index is 0.00000125. The lowest BCUT2D eigenvalue weighted by atomic mass is 9.73. The highest BCUT2D eigenvalue weighted by atomic mass is 79.9. The van der Waals surface area contributed by atoms with E-state index in [1.54, 1.807) is 5.56 Å². The lowest BCUT2D eigenvalue weighted by Gasteiger charge is -2.60. The van der Waals surface area contributed by atoms with Crippen molar-refractivity contribution in [3.63, 3.8) is 0 Å². The summed E-state index contributed by atoms with van der Waals surface area (Å²) in [6.07, 6.45) is 4.46. The maximum atomic E-state index is 2.61. The number of halogens is 1. The second-order valence-corrected chi connectivity index (χ2v) is 7.83. The minimum absolute atomic E-state index is 0. The number of hydrogen-bond donors (Lipinski definition) is 0. The summed E-state index contributed by atoms with van der Waals surface area (Å²) >= 11 is 0. The molecule has 3 aliphatic rings. The summed E-state index contributed by atoms with van der Waals surface area (Å²) in [7, 11) is 0. The molecule has 0 aromatic heterocycles. The van der Waals surface area contributed by atoms with E-state index >= 15 is 0 Å². The van der Waals surface area contributed by atoms with E-state index in [9.17, 15) is 0 Å². The van der Waals surface area contributed by atoms with Crippen molar-refractivity contribution in [1.29, 1.82) is 0 Å². The van der Waals surface area contributed by atoms with Gasteiger partial charge in [0.15, 0.2) is 0 Å². The van der Waals surface area contributed by atoms with Crippen LogP contribution in [0.25, 0.3) is 10.8 Å². The SMILES string of the molecule is C[C@@]12[C@H]3CC[C@@H]1C[N@+]2(Cc1cccc2ccccc12)CC3.[Br-]. The molecule has 2 aliphatic heterocycles. The van der Waals surface area contributed by atoms with Gasteiger partial charge in [0, 0.05) is 17.9 Å². The van der Waals surface area contributed by atoms with Crippen LogP contribution in [0.2, 0.25) is 0 Å². The van der Waals surface area contributed by atoms with Gasteiger partial charge in [0.1, 0.15) is 12.1 Å². The third kappa shape index (κ3) is 1.63. The van der Waals surface area contributed by atoms with Crippen LogP contribution >= 0.6 is 0 Å². The highest BCUT2D eigenvalue weighted by Gasteiger charge is 2.72. The van der Waals surface area contributed by atoms with Crippen molar-refractivity contribution in [1.82, 2.24) is 0 Å². The van der Waals surface area contributed by atoms with Gasteiger partial charge in [-0.2, -0.15) is 0 Å². The van der Waals surface area contributed by atoms with Gasteiger partial charge in [-0.05, 0) is 30.5 Å². The van der Waals surface area contributed by atoms with E-state index in [2.05, 4.69) is 49.4 Å². The van der Waals surface area contributed by atoms with Crippen LogP contribution in [0.3, 0.4) is 0 Å². The summed E-state index contributed by atoms with van der Waals surface area (Å²) < 4.78 is 1.39. The molecule has 0 spiro atoms. The van der Waals surface area contributed by atoms with Crippen molar-refractivity contribution < 1.29 is 21.5 Å². The molecule has 3 fully saturated rings. The smallest absolute Gasteiger partial charge is 0.108 e. The quantitative estimate of drug-likeness (QED) is 0.712. The molecular weight excluding hydrogens is 334 g/mol. The summed E-state index contributed by atoms with van der Waals surface area (Å²) in [5.41, 5.74) is 2.18. The third-order valence-electron chi connectivity index (χ3n) is 7.37. The molecular formula is C20H24BrN. The zero-order chi connectivity index (χ0) is 14.1. The Bertz CT molecular complexity index is 721. The fourth-order valence-corrected chi connectivity index (χ4v) is 6.12. The van der Waals surface area contributed by atoms with E-state index in [1.165, 1.54) is 54.2 Å². The zero-order valence-electron chi connectivity index (χ0n) is 13.3. The van der Waals surface area contributed by atoms with Crippen LogP contribution < -0.4 is 17.0 Å². The number of hydrogen-bond acceptors (Lipinski definition) is 0. The normalized spacial score (nSPS) is 38.4. The maximum absolute atomic E-state index is 2.61. The van der Waals surface area contributed by atoms with Gasteiger partial charge in [0.2, 0.25) is 0 Å². The fraction of sp³-hybridized carbons (Fsp3) is 0.500. The molecule has 4 atom stereocenters. The van der Waals surface area contributed by atoms with Crippen LogP contribution in [0.4, 0.5) is 0 Å². The minimum Gasteiger partial charge on any atom is -1.00 e. The van der Waals surface area contributed by atoms with E-state index in [0.29, 0.717) is 5.54 Å². The fourth-order valence-electron chi connectivity index (χ4n) is 6.12. The Hall–Kier alpha value is -0.860. The molecule has 0 amide bonds. The van der Waals surface area contributed by atoms with Gasteiger partial charge in [0.25, 0.3) is 0 Å². The molecule has 0 bridgehead atoms. The Morgan fingerprint density at radius 2 is 1.77 bits per heavy atom. The number of fused-ring (bicyclic) bond motifs is 1. The predicted molar refractivity (Wildman–Crippen MR) is 86.9 cm³/mol. The average Bonchev–Trinajstić information content (AvgIpc) is 2.86. The Kier molecular flexibility index (Phi) is 3.22. The predicted octanol–water partition coefficient (Wildman–Crippen LogP) is 1.36. The number of benzene rings is 2. The molecule has 5 rings (SSSR count).